The molecule has 0 saturated carbocycles. The second-order valence-electron chi connectivity index (χ2n) is 7.72. The maximum Gasteiger partial charge on any atom is 0.316 e. The third-order valence-electron chi connectivity index (χ3n) is 4.69. The van der Waals surface area contributed by atoms with Crippen molar-refractivity contribution in [2.45, 2.75) is 26.5 Å². The molecule has 10 nitrogen and oxygen atoms in total. The fraction of sp³-hybridized carbons (Fsp3) is 0.292. The summed E-state index contributed by atoms with van der Waals surface area (Å²) in [4.78, 5) is 25.2. The largest absolute Gasteiger partial charge is 0.491 e. The number of hydrogen-bond donors (Lipinski definition) is 0. The summed E-state index contributed by atoms with van der Waals surface area (Å²) in [5, 5.41) is 4.05. The second kappa shape index (κ2) is 10.7. The van der Waals surface area contributed by atoms with Gasteiger partial charge in [-0.15, -0.1) is 0 Å². The van der Waals surface area contributed by atoms with Crippen molar-refractivity contribution in [3.8, 4) is 34.6 Å². The summed E-state index contributed by atoms with van der Waals surface area (Å²) in [6.07, 6.45) is 4.79. The van der Waals surface area contributed by atoms with Crippen LogP contribution < -0.4 is 15.0 Å². The molecule has 176 valence electrons. The molecule has 34 heavy (non-hydrogen) atoms. The van der Waals surface area contributed by atoms with Gasteiger partial charge in [0.2, 0.25) is 5.82 Å². The summed E-state index contributed by atoms with van der Waals surface area (Å²) in [6, 6.07) is 11.0. The molecule has 1 aromatic carbocycles. The van der Waals surface area contributed by atoms with E-state index in [2.05, 4.69) is 20.1 Å². The lowest BCUT2D eigenvalue weighted by Crippen LogP contribution is -2.19. The van der Waals surface area contributed by atoms with Crippen LogP contribution in [0.1, 0.15) is 19.4 Å². The first-order valence-corrected chi connectivity index (χ1v) is 10.8. The fourth-order valence-corrected chi connectivity index (χ4v) is 3.12. The van der Waals surface area contributed by atoms with E-state index < -0.39 is 0 Å². The second-order valence-corrected chi connectivity index (χ2v) is 7.72. The Kier molecular flexibility index (Phi) is 7.28. The van der Waals surface area contributed by atoms with Crippen molar-refractivity contribution >= 4 is 0 Å². The first kappa shape index (κ1) is 23.1. The molecule has 0 bridgehead atoms. The van der Waals surface area contributed by atoms with E-state index in [4.69, 9.17) is 18.7 Å². The SMILES string of the molecule is COCCOc1cccc(Cn2cc(-c3noc(-c4cnc(OC(C)C)nc4)n3)ccc2=O)c1. The predicted octanol–water partition coefficient (Wildman–Crippen LogP) is 3.22. The van der Waals surface area contributed by atoms with Crippen LogP contribution in [0.2, 0.25) is 0 Å². The van der Waals surface area contributed by atoms with Gasteiger partial charge in [-0.1, -0.05) is 17.3 Å². The third kappa shape index (κ3) is 5.84. The van der Waals surface area contributed by atoms with Gasteiger partial charge in [0.25, 0.3) is 11.4 Å². The highest BCUT2D eigenvalue weighted by molar-refractivity contribution is 5.57. The number of hydrogen-bond acceptors (Lipinski definition) is 9. The zero-order valence-electron chi connectivity index (χ0n) is 19.2. The van der Waals surface area contributed by atoms with E-state index in [1.807, 2.05) is 38.1 Å². The number of rotatable bonds is 10. The molecule has 4 aromatic rings. The Hall–Kier alpha value is -4.05. The van der Waals surface area contributed by atoms with E-state index in [9.17, 15) is 4.79 Å². The van der Waals surface area contributed by atoms with Crippen molar-refractivity contribution in [3.63, 3.8) is 0 Å². The van der Waals surface area contributed by atoms with Gasteiger partial charge in [-0.25, -0.2) is 9.97 Å². The van der Waals surface area contributed by atoms with E-state index >= 15 is 0 Å². The minimum atomic E-state index is -0.146. The molecular weight excluding hydrogens is 438 g/mol. The van der Waals surface area contributed by atoms with Crippen LogP contribution in [-0.4, -0.2) is 51.1 Å². The van der Waals surface area contributed by atoms with Gasteiger partial charge < -0.3 is 23.3 Å². The minimum Gasteiger partial charge on any atom is -0.491 e. The van der Waals surface area contributed by atoms with Crippen molar-refractivity contribution in [3.05, 3.63) is 70.9 Å². The van der Waals surface area contributed by atoms with Crippen LogP contribution in [0.3, 0.4) is 0 Å². The number of nitrogens with zero attached hydrogens (tertiary/aromatic N) is 5. The molecule has 0 radical (unpaired) electrons. The van der Waals surface area contributed by atoms with Crippen molar-refractivity contribution in [2.24, 2.45) is 0 Å². The van der Waals surface area contributed by atoms with Gasteiger partial charge in [0.15, 0.2) is 0 Å². The van der Waals surface area contributed by atoms with E-state index in [1.54, 1.807) is 36.3 Å². The Morgan fingerprint density at radius 1 is 1.06 bits per heavy atom. The quantitative estimate of drug-likeness (QED) is 0.327. The van der Waals surface area contributed by atoms with E-state index in [1.165, 1.54) is 6.07 Å². The number of aromatic nitrogens is 5. The first-order valence-electron chi connectivity index (χ1n) is 10.8. The molecule has 0 aliphatic rings. The molecule has 0 aliphatic heterocycles. The van der Waals surface area contributed by atoms with Crippen molar-refractivity contribution in [1.82, 2.24) is 24.7 Å². The topological polar surface area (TPSA) is 114 Å². The van der Waals surface area contributed by atoms with Crippen LogP contribution in [0.4, 0.5) is 0 Å². The van der Waals surface area contributed by atoms with Crippen LogP contribution in [0.25, 0.3) is 22.8 Å². The predicted molar refractivity (Wildman–Crippen MR) is 124 cm³/mol. The molecule has 4 rings (SSSR count). The van der Waals surface area contributed by atoms with Crippen molar-refractivity contribution in [1.29, 1.82) is 0 Å². The van der Waals surface area contributed by atoms with Crippen LogP contribution >= 0.6 is 0 Å². The molecule has 0 amide bonds. The van der Waals surface area contributed by atoms with E-state index in [0.29, 0.717) is 42.5 Å². The Morgan fingerprint density at radius 3 is 2.65 bits per heavy atom. The van der Waals surface area contributed by atoms with Crippen LogP contribution in [0.5, 0.6) is 11.8 Å². The third-order valence-corrected chi connectivity index (χ3v) is 4.69. The zero-order chi connectivity index (χ0) is 23.9. The summed E-state index contributed by atoms with van der Waals surface area (Å²) in [5.74, 6) is 1.33. The summed E-state index contributed by atoms with van der Waals surface area (Å²) in [7, 11) is 1.62. The Morgan fingerprint density at radius 2 is 1.88 bits per heavy atom. The lowest BCUT2D eigenvalue weighted by Gasteiger charge is -2.10. The highest BCUT2D eigenvalue weighted by Crippen LogP contribution is 2.22. The first-order chi connectivity index (χ1) is 16.5. The van der Waals surface area contributed by atoms with Gasteiger partial charge in [0.05, 0.1) is 24.8 Å². The van der Waals surface area contributed by atoms with Gasteiger partial charge in [-0.05, 0) is 37.6 Å². The number of ether oxygens (including phenoxy) is 3. The highest BCUT2D eigenvalue weighted by Gasteiger charge is 2.13. The Labute approximate surface area is 196 Å². The van der Waals surface area contributed by atoms with Crippen LogP contribution in [-0.2, 0) is 11.3 Å². The zero-order valence-corrected chi connectivity index (χ0v) is 19.2. The van der Waals surface area contributed by atoms with Crippen LogP contribution in [0.15, 0.2) is 64.3 Å². The number of benzene rings is 1. The van der Waals surface area contributed by atoms with Gasteiger partial charge in [0.1, 0.15) is 12.4 Å². The van der Waals surface area contributed by atoms with E-state index in [-0.39, 0.29) is 23.6 Å². The smallest absolute Gasteiger partial charge is 0.316 e. The lowest BCUT2D eigenvalue weighted by molar-refractivity contribution is 0.146. The molecule has 0 atom stereocenters. The molecule has 0 saturated heterocycles. The fourth-order valence-electron chi connectivity index (χ4n) is 3.12. The van der Waals surface area contributed by atoms with Crippen LogP contribution in [0, 0.1) is 0 Å². The molecule has 10 heteroatoms. The monoisotopic (exact) mass is 463 g/mol. The molecule has 0 unspecified atom stereocenters. The van der Waals surface area contributed by atoms with Crippen molar-refractivity contribution in [2.75, 3.05) is 20.3 Å². The maximum atomic E-state index is 12.5. The van der Waals surface area contributed by atoms with Gasteiger partial charge in [-0.2, -0.15) is 4.98 Å². The van der Waals surface area contributed by atoms with E-state index in [0.717, 1.165) is 5.56 Å². The molecule has 3 aromatic heterocycles. The normalized spacial score (nSPS) is 11.1. The molecule has 0 spiro atoms. The number of pyridine rings is 1. The summed E-state index contributed by atoms with van der Waals surface area (Å²) >= 11 is 0. The minimum absolute atomic E-state index is 0.0257. The highest BCUT2D eigenvalue weighted by atomic mass is 16.5. The Balaban J connectivity index is 1.51. The maximum absolute atomic E-state index is 12.5. The average Bonchev–Trinajstić information content (AvgIpc) is 3.31. The molecule has 0 N–H and O–H groups in total. The Bertz CT molecular complexity index is 1280. The summed E-state index contributed by atoms with van der Waals surface area (Å²) < 4.78 is 23.1. The lowest BCUT2D eigenvalue weighted by atomic mass is 10.2. The molecule has 3 heterocycles. The summed E-state index contributed by atoms with van der Waals surface area (Å²) in [5.41, 5.74) is 1.98. The number of methoxy groups -OCH3 is 1. The molecule has 0 fully saturated rings. The molecular formula is C24H25N5O5. The summed E-state index contributed by atoms with van der Waals surface area (Å²) in [6.45, 7) is 5.11. The average molecular weight is 463 g/mol. The van der Waals surface area contributed by atoms with Gasteiger partial charge in [0, 0.05) is 37.3 Å². The molecule has 0 aliphatic carbocycles. The van der Waals surface area contributed by atoms with Crippen molar-refractivity contribution < 1.29 is 18.7 Å². The van der Waals surface area contributed by atoms with Gasteiger partial charge >= 0.3 is 6.01 Å². The standard InChI is InChI=1S/C24H25N5O5/c1-16(2)33-24-25-12-19(13-26-24)23-27-22(28-34-23)18-7-8-21(30)29(15-18)14-17-5-4-6-20(11-17)32-10-9-31-3/h4-8,11-13,15-16H,9-10,14H2,1-3H3. The van der Waals surface area contributed by atoms with Gasteiger partial charge in [-0.3, -0.25) is 4.79 Å².